The fourth-order valence-electron chi connectivity index (χ4n) is 2.41. The molecule has 2 aromatic carbocycles. The van der Waals surface area contributed by atoms with E-state index in [0.29, 0.717) is 29.5 Å². The predicted molar refractivity (Wildman–Crippen MR) is 104 cm³/mol. The molecule has 1 heterocycles. The van der Waals surface area contributed by atoms with Crippen LogP contribution in [0.15, 0.2) is 53.4 Å². The largest absolute Gasteiger partial charge is 0.457 e. The number of ether oxygens (including phenoxy) is 1. The molecule has 0 radical (unpaired) electrons. The maximum Gasteiger partial charge on any atom is 0.293 e. The van der Waals surface area contributed by atoms with Gasteiger partial charge in [-0.3, -0.25) is 14.5 Å². The van der Waals surface area contributed by atoms with Gasteiger partial charge in [0.25, 0.3) is 11.1 Å². The van der Waals surface area contributed by atoms with Crippen molar-refractivity contribution in [3.05, 3.63) is 64.8 Å². The molecule has 0 unspecified atom stereocenters. The number of benzene rings is 2. The maximum atomic E-state index is 12.9. The minimum absolute atomic E-state index is 0.246. The maximum absolute atomic E-state index is 12.9. The topological polar surface area (TPSA) is 49.9 Å². The van der Waals surface area contributed by atoms with Gasteiger partial charge in [0.1, 0.15) is 17.3 Å². The van der Waals surface area contributed by atoms with Gasteiger partial charge in [0.15, 0.2) is 0 Å². The highest BCUT2D eigenvalue weighted by Crippen LogP contribution is 2.32. The van der Waals surface area contributed by atoms with Crippen molar-refractivity contribution in [2.24, 2.45) is 0 Å². The van der Waals surface area contributed by atoms with E-state index in [1.54, 1.807) is 42.5 Å². The van der Waals surface area contributed by atoms with Crippen LogP contribution in [-0.4, -0.2) is 48.1 Å². The van der Waals surface area contributed by atoms with Gasteiger partial charge in [-0.25, -0.2) is 4.39 Å². The zero-order valence-corrected chi connectivity index (χ0v) is 15.8. The number of nitrogens with zero attached hydrogens (tertiary/aromatic N) is 2. The van der Waals surface area contributed by atoms with Crippen molar-refractivity contribution in [3.8, 4) is 11.5 Å². The van der Waals surface area contributed by atoms with E-state index in [1.165, 1.54) is 17.0 Å². The first-order valence-electron chi connectivity index (χ1n) is 8.36. The van der Waals surface area contributed by atoms with E-state index in [9.17, 15) is 14.0 Å². The molecular weight excluding hydrogens is 367 g/mol. The van der Waals surface area contributed by atoms with Gasteiger partial charge in [-0.1, -0.05) is 12.1 Å². The molecule has 0 bridgehead atoms. The summed E-state index contributed by atoms with van der Waals surface area (Å²) in [6.45, 7) is 1.00. The van der Waals surface area contributed by atoms with Crippen molar-refractivity contribution in [3.63, 3.8) is 0 Å². The first kappa shape index (κ1) is 19.1. The van der Waals surface area contributed by atoms with Crippen LogP contribution in [0, 0.1) is 5.82 Å². The van der Waals surface area contributed by atoms with Crippen LogP contribution in [0.1, 0.15) is 5.56 Å². The molecular formula is C20H19FN2O3S. The van der Waals surface area contributed by atoms with Crippen molar-refractivity contribution in [2.75, 3.05) is 27.2 Å². The molecule has 7 heteroatoms. The Hall–Kier alpha value is -2.64. The van der Waals surface area contributed by atoms with E-state index < -0.39 is 0 Å². The molecule has 0 aliphatic carbocycles. The number of hydrogen-bond acceptors (Lipinski definition) is 5. The number of imide groups is 1. The molecule has 2 amide bonds. The molecule has 27 heavy (non-hydrogen) atoms. The lowest BCUT2D eigenvalue weighted by atomic mass is 10.2. The number of rotatable bonds is 6. The number of carbonyl (C=O) groups is 2. The SMILES string of the molecule is CN(C)CCN1C(=O)SC(=Cc2ccc(Oc3ccc(F)cc3)cc2)C1=O. The van der Waals surface area contributed by atoms with Gasteiger partial charge in [0.2, 0.25) is 0 Å². The smallest absolute Gasteiger partial charge is 0.293 e. The number of amides is 2. The number of halogens is 1. The summed E-state index contributed by atoms with van der Waals surface area (Å²) in [5.41, 5.74) is 0.791. The molecule has 1 saturated heterocycles. The summed E-state index contributed by atoms with van der Waals surface area (Å²) in [6.07, 6.45) is 1.70. The van der Waals surface area contributed by atoms with Crippen LogP contribution in [0.25, 0.3) is 6.08 Å². The molecule has 0 atom stereocenters. The van der Waals surface area contributed by atoms with Crippen LogP contribution >= 0.6 is 11.8 Å². The van der Waals surface area contributed by atoms with Gasteiger partial charge in [0.05, 0.1) is 4.91 Å². The molecule has 0 N–H and O–H groups in total. The van der Waals surface area contributed by atoms with Crippen LogP contribution in [0.4, 0.5) is 9.18 Å². The Balaban J connectivity index is 1.67. The number of thioether (sulfide) groups is 1. The molecule has 3 rings (SSSR count). The minimum Gasteiger partial charge on any atom is -0.457 e. The third-order valence-corrected chi connectivity index (χ3v) is 4.78. The average Bonchev–Trinajstić information content (AvgIpc) is 2.90. The Labute approximate surface area is 161 Å². The summed E-state index contributed by atoms with van der Waals surface area (Å²) in [4.78, 5) is 28.0. The number of likely N-dealkylation sites (N-methyl/N-ethyl adjacent to an activating group) is 1. The van der Waals surface area contributed by atoms with Crippen LogP contribution in [-0.2, 0) is 4.79 Å². The summed E-state index contributed by atoms with van der Waals surface area (Å²) in [5, 5.41) is -0.246. The van der Waals surface area contributed by atoms with Crippen LogP contribution in [0.5, 0.6) is 11.5 Å². The van der Waals surface area contributed by atoms with Crippen molar-refractivity contribution >= 4 is 29.0 Å². The van der Waals surface area contributed by atoms with E-state index in [2.05, 4.69) is 0 Å². The quantitative estimate of drug-likeness (QED) is 0.696. The summed E-state index contributed by atoms with van der Waals surface area (Å²) in [6, 6.07) is 12.9. The first-order chi connectivity index (χ1) is 12.9. The fraction of sp³-hybridized carbons (Fsp3) is 0.200. The van der Waals surface area contributed by atoms with Crippen LogP contribution in [0.2, 0.25) is 0 Å². The Kier molecular flexibility index (Phi) is 5.93. The Morgan fingerprint density at radius 2 is 1.63 bits per heavy atom. The molecule has 0 spiro atoms. The molecule has 0 saturated carbocycles. The van der Waals surface area contributed by atoms with Crippen molar-refractivity contribution in [1.82, 2.24) is 9.80 Å². The van der Waals surface area contributed by atoms with Crippen molar-refractivity contribution < 1.29 is 18.7 Å². The van der Waals surface area contributed by atoms with Gasteiger partial charge >= 0.3 is 0 Å². The van der Waals surface area contributed by atoms with Gasteiger partial charge in [-0.2, -0.15) is 0 Å². The van der Waals surface area contributed by atoms with Crippen molar-refractivity contribution in [1.29, 1.82) is 0 Å². The molecule has 0 aromatic heterocycles. The number of carbonyl (C=O) groups excluding carboxylic acids is 2. The second-order valence-corrected chi connectivity index (χ2v) is 7.25. The summed E-state index contributed by atoms with van der Waals surface area (Å²) >= 11 is 0.950. The molecule has 5 nitrogen and oxygen atoms in total. The normalized spacial score (nSPS) is 15.9. The molecule has 1 aliphatic rings. The number of hydrogen-bond donors (Lipinski definition) is 0. The standard InChI is InChI=1S/C20H19FN2O3S/c1-22(2)11-12-23-19(24)18(27-20(23)25)13-14-3-7-16(8-4-14)26-17-9-5-15(21)6-10-17/h3-10,13H,11-12H2,1-2H3. The average molecular weight is 386 g/mol. The third kappa shape index (κ3) is 4.96. The van der Waals surface area contributed by atoms with E-state index in [0.717, 1.165) is 17.3 Å². The second kappa shape index (κ2) is 8.37. The van der Waals surface area contributed by atoms with E-state index in [1.807, 2.05) is 19.0 Å². The molecule has 1 fully saturated rings. The van der Waals surface area contributed by atoms with Gasteiger partial charge in [-0.15, -0.1) is 0 Å². The molecule has 2 aromatic rings. The zero-order valence-electron chi connectivity index (χ0n) is 15.0. The Bertz CT molecular complexity index is 864. The predicted octanol–water partition coefficient (Wildman–Crippen LogP) is 4.22. The highest BCUT2D eigenvalue weighted by atomic mass is 32.2. The summed E-state index contributed by atoms with van der Waals surface area (Å²) in [5.74, 6) is 0.541. The Morgan fingerprint density at radius 3 is 2.22 bits per heavy atom. The summed E-state index contributed by atoms with van der Waals surface area (Å²) < 4.78 is 18.6. The summed E-state index contributed by atoms with van der Waals surface area (Å²) in [7, 11) is 3.79. The lowest BCUT2D eigenvalue weighted by molar-refractivity contribution is -0.122. The second-order valence-electron chi connectivity index (χ2n) is 6.26. The van der Waals surface area contributed by atoms with Gasteiger partial charge < -0.3 is 9.64 Å². The fourth-order valence-corrected chi connectivity index (χ4v) is 3.28. The van der Waals surface area contributed by atoms with Crippen LogP contribution in [0.3, 0.4) is 0 Å². The Morgan fingerprint density at radius 1 is 1.04 bits per heavy atom. The molecule has 140 valence electrons. The zero-order chi connectivity index (χ0) is 19.4. The molecule has 1 aliphatic heterocycles. The van der Waals surface area contributed by atoms with E-state index >= 15 is 0 Å². The highest BCUT2D eigenvalue weighted by Gasteiger charge is 2.34. The van der Waals surface area contributed by atoms with Crippen LogP contribution < -0.4 is 4.74 Å². The minimum atomic E-state index is -0.322. The monoisotopic (exact) mass is 386 g/mol. The highest BCUT2D eigenvalue weighted by molar-refractivity contribution is 8.18. The van der Waals surface area contributed by atoms with Gasteiger partial charge in [0, 0.05) is 13.1 Å². The van der Waals surface area contributed by atoms with Gasteiger partial charge in [-0.05, 0) is 73.9 Å². The van der Waals surface area contributed by atoms with Crippen molar-refractivity contribution in [2.45, 2.75) is 0 Å². The van der Waals surface area contributed by atoms with E-state index in [4.69, 9.17) is 4.74 Å². The lowest BCUT2D eigenvalue weighted by Gasteiger charge is -2.15. The lowest BCUT2D eigenvalue weighted by Crippen LogP contribution is -2.34. The first-order valence-corrected chi connectivity index (χ1v) is 9.17. The third-order valence-electron chi connectivity index (χ3n) is 3.87. The van der Waals surface area contributed by atoms with E-state index in [-0.39, 0.29) is 17.0 Å².